The Morgan fingerprint density at radius 2 is 2.08 bits per heavy atom. The maximum atomic E-state index is 11.4. The summed E-state index contributed by atoms with van der Waals surface area (Å²) in [6, 6.07) is 0. The second-order valence-corrected chi connectivity index (χ2v) is 4.90. The van der Waals surface area contributed by atoms with Crippen molar-refractivity contribution in [3.63, 3.8) is 0 Å². The summed E-state index contributed by atoms with van der Waals surface area (Å²) in [6.45, 7) is 10.5. The second-order valence-electron chi connectivity index (χ2n) is 4.90. The van der Waals surface area contributed by atoms with Crippen LogP contribution < -0.4 is 0 Å². The van der Waals surface area contributed by atoms with E-state index in [0.29, 0.717) is 17.1 Å². The maximum absolute atomic E-state index is 11.4. The molecule has 0 heterocycles. The number of hydrogen-bond acceptors (Lipinski definition) is 1. The topological polar surface area (TPSA) is 17.1 Å². The van der Waals surface area contributed by atoms with E-state index in [2.05, 4.69) is 27.4 Å². The summed E-state index contributed by atoms with van der Waals surface area (Å²) < 4.78 is 0. The summed E-state index contributed by atoms with van der Waals surface area (Å²) in [4.78, 5) is 11.4. The molecule has 1 heteroatoms. The molecular weight excluding hydrogens is 148 g/mol. The van der Waals surface area contributed by atoms with Crippen molar-refractivity contribution in [1.82, 2.24) is 0 Å². The molecular formula is C11H16O. The van der Waals surface area contributed by atoms with Crippen LogP contribution in [0.3, 0.4) is 0 Å². The van der Waals surface area contributed by atoms with Gasteiger partial charge < -0.3 is 0 Å². The largest absolute Gasteiger partial charge is 0.295 e. The van der Waals surface area contributed by atoms with Gasteiger partial charge in [0, 0.05) is 11.8 Å². The van der Waals surface area contributed by atoms with Crippen LogP contribution in [0.2, 0.25) is 0 Å². The van der Waals surface area contributed by atoms with Crippen LogP contribution in [0.4, 0.5) is 0 Å². The molecule has 2 aliphatic rings. The van der Waals surface area contributed by atoms with E-state index < -0.39 is 0 Å². The summed E-state index contributed by atoms with van der Waals surface area (Å²) >= 11 is 0. The molecule has 0 radical (unpaired) electrons. The molecule has 1 nitrogen and oxygen atoms in total. The Hall–Kier alpha value is -0.590. The standard InChI is InChI=1S/C11H16O/c1-7(2)11-5-9(12)8(3)10(11,4)6-11/h7H,3,5-6H2,1-2,4H3. The highest BCUT2D eigenvalue weighted by molar-refractivity contribution is 6.01. The molecule has 0 aromatic carbocycles. The third-order valence-corrected chi connectivity index (χ3v) is 4.23. The van der Waals surface area contributed by atoms with Gasteiger partial charge in [0.1, 0.15) is 0 Å². The molecule has 0 aromatic heterocycles. The van der Waals surface area contributed by atoms with Gasteiger partial charge >= 0.3 is 0 Å². The van der Waals surface area contributed by atoms with Crippen LogP contribution in [-0.4, -0.2) is 5.78 Å². The van der Waals surface area contributed by atoms with Crippen LogP contribution in [0, 0.1) is 16.7 Å². The van der Waals surface area contributed by atoms with Gasteiger partial charge in [-0.2, -0.15) is 0 Å². The van der Waals surface area contributed by atoms with Crippen molar-refractivity contribution in [2.75, 3.05) is 0 Å². The third kappa shape index (κ3) is 0.596. The van der Waals surface area contributed by atoms with Gasteiger partial charge in [0.25, 0.3) is 0 Å². The molecule has 2 rings (SSSR count). The number of rotatable bonds is 1. The number of fused-ring (bicyclic) bond motifs is 1. The SMILES string of the molecule is C=C1C(=O)CC2(C(C)C)CC12C. The third-order valence-electron chi connectivity index (χ3n) is 4.23. The van der Waals surface area contributed by atoms with Gasteiger partial charge in [0.2, 0.25) is 0 Å². The van der Waals surface area contributed by atoms with Crippen molar-refractivity contribution in [1.29, 1.82) is 0 Å². The van der Waals surface area contributed by atoms with E-state index in [9.17, 15) is 4.79 Å². The number of allylic oxidation sites excluding steroid dienone is 1. The zero-order valence-corrected chi connectivity index (χ0v) is 8.11. The van der Waals surface area contributed by atoms with E-state index in [0.717, 1.165) is 12.0 Å². The first-order chi connectivity index (χ1) is 5.44. The lowest BCUT2D eigenvalue weighted by molar-refractivity contribution is -0.115. The molecule has 0 aromatic rings. The van der Waals surface area contributed by atoms with E-state index in [1.165, 1.54) is 6.42 Å². The normalized spacial score (nSPS) is 45.3. The quantitative estimate of drug-likeness (QED) is 0.544. The van der Waals surface area contributed by atoms with Crippen molar-refractivity contribution in [2.24, 2.45) is 16.7 Å². The first-order valence-electron chi connectivity index (χ1n) is 4.67. The van der Waals surface area contributed by atoms with Crippen LogP contribution in [0.25, 0.3) is 0 Å². The number of hydrogen-bond donors (Lipinski definition) is 0. The smallest absolute Gasteiger partial charge is 0.159 e. The number of Topliss-reactive ketones (excluding diaryl/α,β-unsaturated/α-hetero) is 1. The fourth-order valence-corrected chi connectivity index (χ4v) is 3.00. The van der Waals surface area contributed by atoms with Crippen LogP contribution in [0.1, 0.15) is 33.6 Å². The minimum atomic E-state index is 0.165. The molecule has 12 heavy (non-hydrogen) atoms. The van der Waals surface area contributed by atoms with Gasteiger partial charge in [-0.25, -0.2) is 0 Å². The monoisotopic (exact) mass is 164 g/mol. The Bertz CT molecular complexity index is 277. The highest BCUT2D eigenvalue weighted by Crippen LogP contribution is 2.76. The molecule has 2 atom stereocenters. The van der Waals surface area contributed by atoms with Crippen molar-refractivity contribution in [3.8, 4) is 0 Å². The minimum Gasteiger partial charge on any atom is -0.295 e. The molecule has 0 amide bonds. The lowest BCUT2D eigenvalue weighted by Gasteiger charge is -2.17. The number of carbonyl (C=O) groups excluding carboxylic acids is 1. The van der Waals surface area contributed by atoms with Gasteiger partial charge in [0.15, 0.2) is 5.78 Å². The fraction of sp³-hybridized carbons (Fsp3) is 0.727. The average molecular weight is 164 g/mol. The lowest BCUT2D eigenvalue weighted by atomic mass is 9.86. The van der Waals surface area contributed by atoms with E-state index in [1.54, 1.807) is 0 Å². The van der Waals surface area contributed by atoms with E-state index in [4.69, 9.17) is 0 Å². The second kappa shape index (κ2) is 1.84. The molecule has 0 saturated heterocycles. The predicted molar refractivity (Wildman–Crippen MR) is 48.8 cm³/mol. The lowest BCUT2D eigenvalue weighted by Crippen LogP contribution is -2.12. The van der Waals surface area contributed by atoms with Crippen molar-refractivity contribution in [2.45, 2.75) is 33.6 Å². The average Bonchev–Trinajstić information content (AvgIpc) is 2.52. The molecule has 66 valence electrons. The van der Waals surface area contributed by atoms with Gasteiger partial charge in [0.05, 0.1) is 0 Å². The first-order valence-corrected chi connectivity index (χ1v) is 4.67. The Morgan fingerprint density at radius 1 is 1.50 bits per heavy atom. The van der Waals surface area contributed by atoms with Crippen molar-refractivity contribution in [3.05, 3.63) is 12.2 Å². The van der Waals surface area contributed by atoms with E-state index in [-0.39, 0.29) is 5.41 Å². The number of ketones is 1. The molecule has 0 spiro atoms. The highest BCUT2D eigenvalue weighted by Gasteiger charge is 2.72. The molecule has 0 aliphatic heterocycles. The summed E-state index contributed by atoms with van der Waals surface area (Å²) in [5.41, 5.74) is 1.34. The summed E-state index contributed by atoms with van der Waals surface area (Å²) in [6.07, 6.45) is 1.93. The zero-order valence-electron chi connectivity index (χ0n) is 8.11. The molecule has 2 unspecified atom stereocenters. The zero-order chi connectivity index (χ0) is 9.15. The molecule has 0 N–H and O–H groups in total. The number of carbonyl (C=O) groups is 1. The van der Waals surface area contributed by atoms with Gasteiger partial charge in [-0.05, 0) is 23.3 Å². The summed E-state index contributed by atoms with van der Waals surface area (Å²) in [7, 11) is 0. The molecule has 2 fully saturated rings. The Labute approximate surface area is 73.8 Å². The fourth-order valence-electron chi connectivity index (χ4n) is 3.00. The van der Waals surface area contributed by atoms with Crippen LogP contribution in [0.15, 0.2) is 12.2 Å². The predicted octanol–water partition coefficient (Wildman–Crippen LogP) is 2.57. The first kappa shape index (κ1) is 8.03. The van der Waals surface area contributed by atoms with Crippen LogP contribution >= 0.6 is 0 Å². The minimum absolute atomic E-state index is 0.165. The van der Waals surface area contributed by atoms with Crippen LogP contribution in [0.5, 0.6) is 0 Å². The maximum Gasteiger partial charge on any atom is 0.159 e. The van der Waals surface area contributed by atoms with Gasteiger partial charge in [-0.15, -0.1) is 0 Å². The molecule has 2 aliphatic carbocycles. The van der Waals surface area contributed by atoms with Crippen molar-refractivity contribution < 1.29 is 4.79 Å². The molecule has 2 saturated carbocycles. The van der Waals surface area contributed by atoms with Gasteiger partial charge in [-0.1, -0.05) is 27.4 Å². The highest BCUT2D eigenvalue weighted by atomic mass is 16.1. The van der Waals surface area contributed by atoms with Crippen molar-refractivity contribution >= 4 is 5.78 Å². The molecule has 0 bridgehead atoms. The Kier molecular flexibility index (Phi) is 1.23. The van der Waals surface area contributed by atoms with E-state index >= 15 is 0 Å². The Morgan fingerprint density at radius 3 is 2.33 bits per heavy atom. The summed E-state index contributed by atoms with van der Waals surface area (Å²) in [5, 5.41) is 0. The van der Waals surface area contributed by atoms with Crippen LogP contribution in [-0.2, 0) is 4.79 Å². The van der Waals surface area contributed by atoms with Gasteiger partial charge in [-0.3, -0.25) is 4.79 Å². The summed E-state index contributed by atoms with van der Waals surface area (Å²) in [5.74, 6) is 0.920. The van der Waals surface area contributed by atoms with E-state index in [1.807, 2.05) is 0 Å². The Balaban J connectivity index is 2.38.